The summed E-state index contributed by atoms with van der Waals surface area (Å²) in [4.78, 5) is 0.664. The van der Waals surface area contributed by atoms with Crippen molar-refractivity contribution < 1.29 is 4.74 Å². The molecule has 20 heavy (non-hydrogen) atoms. The number of ether oxygens (including phenoxy) is 1. The molecule has 0 bridgehead atoms. The summed E-state index contributed by atoms with van der Waals surface area (Å²) in [5.41, 5.74) is 1.67. The number of alkyl halides is 1. The topological polar surface area (TPSA) is 9.23 Å². The Hall–Kier alpha value is 0.140. The number of hydrogen-bond donors (Lipinski definition) is 0. The van der Waals surface area contributed by atoms with E-state index in [1.165, 1.54) is 50.5 Å². The highest BCUT2D eigenvalue weighted by atomic mass is 79.9. The van der Waals surface area contributed by atoms with Gasteiger partial charge in [-0.25, -0.2) is 0 Å². The molecule has 2 atom stereocenters. The van der Waals surface area contributed by atoms with Crippen LogP contribution in [0.4, 0.5) is 0 Å². The van der Waals surface area contributed by atoms with Crippen molar-refractivity contribution in [2.75, 3.05) is 0 Å². The molecule has 0 amide bonds. The van der Waals surface area contributed by atoms with Crippen molar-refractivity contribution in [2.45, 2.75) is 62.5 Å². The molecule has 0 radical (unpaired) electrons. The summed E-state index contributed by atoms with van der Waals surface area (Å²) >= 11 is 7.51. The maximum Gasteiger partial charge on any atom is 0.0731 e. The highest BCUT2D eigenvalue weighted by Gasteiger charge is 2.53. The Morgan fingerprint density at radius 2 is 1.80 bits per heavy atom. The van der Waals surface area contributed by atoms with Gasteiger partial charge in [-0.1, -0.05) is 75.7 Å². The van der Waals surface area contributed by atoms with Crippen LogP contribution in [0.25, 0.3) is 0 Å². The van der Waals surface area contributed by atoms with E-state index in [0.717, 1.165) is 11.1 Å². The Morgan fingerprint density at radius 3 is 2.45 bits per heavy atom. The predicted octanol–water partition coefficient (Wildman–Crippen LogP) is 5.84. The summed E-state index contributed by atoms with van der Waals surface area (Å²) in [6, 6.07) is 8.37. The van der Waals surface area contributed by atoms with Gasteiger partial charge in [-0.3, -0.25) is 0 Å². The van der Waals surface area contributed by atoms with E-state index in [9.17, 15) is 0 Å². The molecule has 2 unspecified atom stereocenters. The Morgan fingerprint density at radius 1 is 1.10 bits per heavy atom. The first-order valence-corrected chi connectivity index (χ1v) is 9.42. The van der Waals surface area contributed by atoms with E-state index in [1.54, 1.807) is 0 Å². The molecule has 3 rings (SSSR count). The lowest BCUT2D eigenvalue weighted by Gasteiger charge is -2.53. The Balaban J connectivity index is 1.64. The highest BCUT2D eigenvalue weighted by Crippen LogP contribution is 2.55. The molecule has 0 saturated heterocycles. The smallest absolute Gasteiger partial charge is 0.0731 e. The largest absolute Gasteiger partial charge is 0.373 e. The van der Waals surface area contributed by atoms with Crippen molar-refractivity contribution >= 4 is 31.9 Å². The Bertz CT molecular complexity index is 452. The van der Waals surface area contributed by atoms with Crippen LogP contribution in [0.3, 0.4) is 0 Å². The van der Waals surface area contributed by atoms with Crippen LogP contribution in [0.2, 0.25) is 0 Å². The Labute approximate surface area is 138 Å². The van der Waals surface area contributed by atoms with Gasteiger partial charge >= 0.3 is 0 Å². The average Bonchev–Trinajstić information content (AvgIpc) is 2.73. The van der Waals surface area contributed by atoms with Crippen molar-refractivity contribution in [3.63, 3.8) is 0 Å². The van der Waals surface area contributed by atoms with E-state index in [2.05, 4.69) is 56.1 Å². The third-order valence-electron chi connectivity index (χ3n) is 5.12. The molecule has 1 aromatic rings. The molecule has 1 nitrogen and oxygen atoms in total. The minimum atomic E-state index is 0.414. The quantitative estimate of drug-likeness (QED) is 0.577. The molecule has 0 N–H and O–H groups in total. The molecular weight excluding hydrogens is 380 g/mol. The van der Waals surface area contributed by atoms with Crippen molar-refractivity contribution in [3.8, 4) is 0 Å². The third kappa shape index (κ3) is 2.86. The SMILES string of the molecule is Brc1ccccc1COC1CC(Br)C12CCCCCC2. The van der Waals surface area contributed by atoms with Crippen LogP contribution in [0.5, 0.6) is 0 Å². The van der Waals surface area contributed by atoms with Gasteiger partial charge in [0.1, 0.15) is 0 Å². The van der Waals surface area contributed by atoms with Gasteiger partial charge in [0.15, 0.2) is 0 Å². The van der Waals surface area contributed by atoms with Crippen LogP contribution in [0, 0.1) is 5.41 Å². The number of rotatable bonds is 3. The molecule has 2 aliphatic rings. The van der Waals surface area contributed by atoms with Crippen molar-refractivity contribution in [2.24, 2.45) is 5.41 Å². The van der Waals surface area contributed by atoms with E-state index in [4.69, 9.17) is 4.74 Å². The highest BCUT2D eigenvalue weighted by molar-refractivity contribution is 9.10. The summed E-state index contributed by atoms with van der Waals surface area (Å²) in [5, 5.41) is 0. The number of halogens is 2. The molecule has 0 aromatic heterocycles. The maximum absolute atomic E-state index is 6.30. The molecule has 1 aromatic carbocycles. The lowest BCUT2D eigenvalue weighted by atomic mass is 9.61. The van der Waals surface area contributed by atoms with Crippen molar-refractivity contribution in [3.05, 3.63) is 34.3 Å². The normalized spacial score (nSPS) is 28.9. The minimum Gasteiger partial charge on any atom is -0.373 e. The standard InChI is InChI=1S/C17H22Br2O/c18-14-8-4-3-7-13(14)12-20-16-11-15(19)17(16)9-5-1-2-6-10-17/h3-4,7-8,15-16H,1-2,5-6,9-12H2. The first-order chi connectivity index (χ1) is 9.72. The van der Waals surface area contributed by atoms with Crippen molar-refractivity contribution in [1.29, 1.82) is 0 Å². The van der Waals surface area contributed by atoms with Gasteiger partial charge in [-0.2, -0.15) is 0 Å². The van der Waals surface area contributed by atoms with Gasteiger partial charge in [0.2, 0.25) is 0 Å². The fourth-order valence-electron chi connectivity index (χ4n) is 3.76. The summed E-state index contributed by atoms with van der Waals surface area (Å²) in [7, 11) is 0. The van der Waals surface area contributed by atoms with E-state index >= 15 is 0 Å². The van der Waals surface area contributed by atoms with E-state index in [1.807, 2.05) is 0 Å². The molecule has 2 saturated carbocycles. The van der Waals surface area contributed by atoms with Crippen LogP contribution < -0.4 is 0 Å². The average molecular weight is 402 g/mol. The van der Waals surface area contributed by atoms with Gasteiger partial charge in [0, 0.05) is 14.7 Å². The summed E-state index contributed by atoms with van der Waals surface area (Å²) in [6.07, 6.45) is 9.83. The van der Waals surface area contributed by atoms with Crippen molar-refractivity contribution in [1.82, 2.24) is 0 Å². The maximum atomic E-state index is 6.30. The molecule has 2 fully saturated rings. The zero-order valence-electron chi connectivity index (χ0n) is 11.8. The van der Waals surface area contributed by atoms with Crippen LogP contribution >= 0.6 is 31.9 Å². The first kappa shape index (κ1) is 15.1. The zero-order valence-corrected chi connectivity index (χ0v) is 15.0. The van der Waals surface area contributed by atoms with Crippen LogP contribution in [0.1, 0.15) is 50.5 Å². The van der Waals surface area contributed by atoms with E-state index < -0.39 is 0 Å². The molecule has 2 aliphatic carbocycles. The molecule has 1 spiro atoms. The van der Waals surface area contributed by atoms with Crippen LogP contribution in [0.15, 0.2) is 28.7 Å². The number of benzene rings is 1. The Kier molecular flexibility index (Phi) is 4.89. The molecular formula is C17H22Br2O. The number of hydrogen-bond acceptors (Lipinski definition) is 1. The molecule has 0 heterocycles. The van der Waals surface area contributed by atoms with Gasteiger partial charge in [0.25, 0.3) is 0 Å². The second-order valence-corrected chi connectivity index (χ2v) is 8.20. The van der Waals surface area contributed by atoms with Crippen LogP contribution in [-0.4, -0.2) is 10.9 Å². The lowest BCUT2D eigenvalue weighted by Crippen LogP contribution is -2.55. The van der Waals surface area contributed by atoms with Gasteiger partial charge < -0.3 is 4.74 Å². The predicted molar refractivity (Wildman–Crippen MR) is 90.2 cm³/mol. The van der Waals surface area contributed by atoms with Gasteiger partial charge in [0.05, 0.1) is 12.7 Å². The lowest BCUT2D eigenvalue weighted by molar-refractivity contribution is -0.119. The third-order valence-corrected chi connectivity index (χ3v) is 7.18. The van der Waals surface area contributed by atoms with Gasteiger partial charge in [-0.05, 0) is 30.9 Å². The molecule has 110 valence electrons. The second kappa shape index (κ2) is 6.50. The summed E-state index contributed by atoms with van der Waals surface area (Å²) < 4.78 is 7.46. The first-order valence-electron chi connectivity index (χ1n) is 7.71. The van der Waals surface area contributed by atoms with E-state index in [-0.39, 0.29) is 0 Å². The molecule has 0 aliphatic heterocycles. The minimum absolute atomic E-state index is 0.414. The fourth-order valence-corrected chi connectivity index (χ4v) is 5.25. The second-order valence-electron chi connectivity index (χ2n) is 6.24. The zero-order chi connectivity index (χ0) is 14.0. The molecule has 3 heteroatoms. The monoisotopic (exact) mass is 400 g/mol. The summed E-state index contributed by atoms with van der Waals surface area (Å²) in [5.74, 6) is 0. The fraction of sp³-hybridized carbons (Fsp3) is 0.647. The van der Waals surface area contributed by atoms with E-state index in [0.29, 0.717) is 16.3 Å². The van der Waals surface area contributed by atoms with Crippen LogP contribution in [-0.2, 0) is 11.3 Å². The van der Waals surface area contributed by atoms with Gasteiger partial charge in [-0.15, -0.1) is 0 Å². The summed E-state index contributed by atoms with van der Waals surface area (Å²) in [6.45, 7) is 0.730.